The highest BCUT2D eigenvalue weighted by atomic mass is 35.5. The number of nitrogens with zero attached hydrogens (tertiary/aromatic N) is 1. The number of hydrogen-bond acceptors (Lipinski definition) is 4. The molecule has 3 aromatic carbocycles. The number of hydrogen-bond donors (Lipinski definition) is 1. The van der Waals surface area contributed by atoms with Crippen LogP contribution in [-0.2, 0) is 32.3 Å². The minimum Gasteiger partial charge on any atom is -0.322 e. The molecular weight excluding hydrogens is 448 g/mol. The van der Waals surface area contributed by atoms with Crippen molar-refractivity contribution in [1.82, 2.24) is 0 Å². The highest BCUT2D eigenvalue weighted by Crippen LogP contribution is 2.36. The van der Waals surface area contributed by atoms with Gasteiger partial charge in [0.05, 0.1) is 22.7 Å². The van der Waals surface area contributed by atoms with Crippen LogP contribution in [0.1, 0.15) is 11.1 Å². The number of carbonyl (C=O) groups excluding carboxylic acids is 2. The van der Waals surface area contributed by atoms with Gasteiger partial charge in [0, 0.05) is 17.7 Å². The summed E-state index contributed by atoms with van der Waals surface area (Å²) in [6.07, 6.45) is 1.41. The van der Waals surface area contributed by atoms with Gasteiger partial charge in [0.2, 0.25) is 11.8 Å². The second-order valence-corrected chi connectivity index (χ2v) is 10.1. The average Bonchev–Trinajstić information content (AvgIpc) is 2.75. The van der Waals surface area contributed by atoms with Gasteiger partial charge >= 0.3 is 0 Å². The summed E-state index contributed by atoms with van der Waals surface area (Å²) in [5, 5.41) is 3.25. The number of amides is 2. The Morgan fingerprint density at radius 3 is 2.41 bits per heavy atom. The monoisotopic (exact) mass is 468 g/mol. The van der Waals surface area contributed by atoms with Gasteiger partial charge in [-0.3, -0.25) is 14.5 Å². The summed E-state index contributed by atoms with van der Waals surface area (Å²) in [6, 6.07) is 20.1. The van der Waals surface area contributed by atoms with E-state index in [-0.39, 0.29) is 28.8 Å². The van der Waals surface area contributed by atoms with Crippen molar-refractivity contribution in [3.63, 3.8) is 0 Å². The van der Waals surface area contributed by atoms with Crippen molar-refractivity contribution >= 4 is 44.6 Å². The van der Waals surface area contributed by atoms with Gasteiger partial charge in [0.15, 0.2) is 9.84 Å². The maximum absolute atomic E-state index is 13.5. The molecule has 0 spiro atoms. The standard InChI is InChI=1S/C24H21ClN2O4S/c1-32(30,31)18-11-12-21-20(15-18)26-24(29)22(13-16-7-3-2-4-8-16)27(21)23(28)14-17-9-5-6-10-19(17)25/h2-12,15,22H,13-14H2,1H3,(H,26,29). The summed E-state index contributed by atoms with van der Waals surface area (Å²) in [7, 11) is -3.48. The summed E-state index contributed by atoms with van der Waals surface area (Å²) in [5.74, 6) is -0.679. The first-order valence-electron chi connectivity index (χ1n) is 9.98. The van der Waals surface area contributed by atoms with Crippen molar-refractivity contribution in [3.8, 4) is 0 Å². The summed E-state index contributed by atoms with van der Waals surface area (Å²) in [4.78, 5) is 28.1. The van der Waals surface area contributed by atoms with Gasteiger partial charge < -0.3 is 5.32 Å². The fraction of sp³-hybridized carbons (Fsp3) is 0.167. The topological polar surface area (TPSA) is 83.6 Å². The molecule has 1 aliphatic heterocycles. The predicted molar refractivity (Wildman–Crippen MR) is 125 cm³/mol. The highest BCUT2D eigenvalue weighted by molar-refractivity contribution is 7.90. The first kappa shape index (κ1) is 22.0. The van der Waals surface area contributed by atoms with E-state index in [1.807, 2.05) is 30.3 Å². The zero-order valence-corrected chi connectivity index (χ0v) is 18.9. The van der Waals surface area contributed by atoms with E-state index in [0.29, 0.717) is 22.7 Å². The highest BCUT2D eigenvalue weighted by Gasteiger charge is 2.37. The molecule has 3 aromatic rings. The van der Waals surface area contributed by atoms with E-state index in [9.17, 15) is 18.0 Å². The van der Waals surface area contributed by atoms with Crippen molar-refractivity contribution < 1.29 is 18.0 Å². The summed E-state index contributed by atoms with van der Waals surface area (Å²) >= 11 is 6.26. The van der Waals surface area contributed by atoms with Crippen LogP contribution in [0.25, 0.3) is 0 Å². The molecule has 164 valence electrons. The zero-order chi connectivity index (χ0) is 22.9. The fourth-order valence-corrected chi connectivity index (χ4v) is 4.63. The van der Waals surface area contributed by atoms with Crippen LogP contribution in [0, 0.1) is 0 Å². The van der Waals surface area contributed by atoms with E-state index < -0.39 is 15.9 Å². The van der Waals surface area contributed by atoms with Crippen molar-refractivity contribution in [2.75, 3.05) is 16.5 Å². The van der Waals surface area contributed by atoms with Crippen LogP contribution >= 0.6 is 11.6 Å². The molecule has 0 aromatic heterocycles. The minimum absolute atomic E-state index is 0.00547. The summed E-state index contributed by atoms with van der Waals surface area (Å²) < 4.78 is 24.0. The van der Waals surface area contributed by atoms with Crippen LogP contribution in [0.4, 0.5) is 11.4 Å². The molecule has 0 fully saturated rings. The summed E-state index contributed by atoms with van der Waals surface area (Å²) in [6.45, 7) is 0. The second kappa shape index (κ2) is 8.76. The lowest BCUT2D eigenvalue weighted by Crippen LogP contribution is -2.52. The molecule has 1 aliphatic rings. The van der Waals surface area contributed by atoms with Gasteiger partial charge in [0.25, 0.3) is 0 Å². The molecule has 0 radical (unpaired) electrons. The van der Waals surface area contributed by atoms with Gasteiger partial charge in [-0.25, -0.2) is 8.42 Å². The van der Waals surface area contributed by atoms with Crippen LogP contribution in [0.3, 0.4) is 0 Å². The minimum atomic E-state index is -3.48. The Hall–Kier alpha value is -3.16. The molecule has 0 saturated heterocycles. The Bertz CT molecular complexity index is 1290. The Morgan fingerprint density at radius 2 is 1.72 bits per heavy atom. The lowest BCUT2D eigenvalue weighted by molar-refractivity contribution is -0.123. The van der Waals surface area contributed by atoms with E-state index in [2.05, 4.69) is 5.32 Å². The SMILES string of the molecule is CS(=O)(=O)c1ccc2c(c1)NC(=O)C(Cc1ccccc1)N2C(=O)Cc1ccccc1Cl. The maximum atomic E-state index is 13.5. The number of rotatable bonds is 5. The molecule has 1 atom stereocenters. The number of carbonyl (C=O) groups is 2. The normalized spacial score (nSPS) is 15.8. The maximum Gasteiger partial charge on any atom is 0.247 e. The third-order valence-electron chi connectivity index (χ3n) is 5.37. The molecule has 4 rings (SSSR count). The van der Waals surface area contributed by atoms with E-state index in [1.165, 1.54) is 17.0 Å². The third kappa shape index (κ3) is 4.54. The average molecular weight is 469 g/mol. The van der Waals surface area contributed by atoms with Crippen molar-refractivity contribution in [3.05, 3.63) is 88.9 Å². The van der Waals surface area contributed by atoms with E-state index in [1.54, 1.807) is 30.3 Å². The fourth-order valence-electron chi connectivity index (χ4n) is 3.78. The van der Waals surface area contributed by atoms with Gasteiger partial charge in [0.1, 0.15) is 6.04 Å². The molecule has 32 heavy (non-hydrogen) atoms. The van der Waals surface area contributed by atoms with Crippen molar-refractivity contribution in [1.29, 1.82) is 0 Å². The van der Waals surface area contributed by atoms with Gasteiger partial charge in [-0.05, 0) is 35.4 Å². The van der Waals surface area contributed by atoms with Crippen LogP contribution in [-0.4, -0.2) is 32.5 Å². The molecule has 1 heterocycles. The van der Waals surface area contributed by atoms with E-state index >= 15 is 0 Å². The molecule has 0 aliphatic carbocycles. The van der Waals surface area contributed by atoms with Crippen molar-refractivity contribution in [2.24, 2.45) is 0 Å². The lowest BCUT2D eigenvalue weighted by atomic mass is 9.99. The smallest absolute Gasteiger partial charge is 0.247 e. The van der Waals surface area contributed by atoms with Crippen LogP contribution in [0.2, 0.25) is 5.02 Å². The van der Waals surface area contributed by atoms with Gasteiger partial charge in [-0.2, -0.15) is 0 Å². The van der Waals surface area contributed by atoms with E-state index in [4.69, 9.17) is 11.6 Å². The first-order chi connectivity index (χ1) is 15.2. The Labute approximate surface area is 191 Å². The van der Waals surface area contributed by atoms with Crippen molar-refractivity contribution in [2.45, 2.75) is 23.8 Å². The number of anilines is 2. The number of nitrogens with one attached hydrogen (secondary N) is 1. The van der Waals surface area contributed by atoms with Crippen LogP contribution in [0.15, 0.2) is 77.7 Å². The Morgan fingerprint density at radius 1 is 1.03 bits per heavy atom. The number of benzene rings is 3. The van der Waals surface area contributed by atoms with E-state index in [0.717, 1.165) is 11.8 Å². The molecular formula is C24H21ClN2O4S. The first-order valence-corrected chi connectivity index (χ1v) is 12.3. The molecule has 1 N–H and O–H groups in total. The van der Waals surface area contributed by atoms with Crippen LogP contribution in [0.5, 0.6) is 0 Å². The Kier molecular flexibility index (Phi) is 6.04. The molecule has 8 heteroatoms. The molecule has 1 unspecified atom stereocenters. The lowest BCUT2D eigenvalue weighted by Gasteiger charge is -2.37. The number of halogens is 1. The third-order valence-corrected chi connectivity index (χ3v) is 6.85. The van der Waals surface area contributed by atoms with Crippen LogP contribution < -0.4 is 10.2 Å². The molecule has 2 amide bonds. The molecule has 6 nitrogen and oxygen atoms in total. The Balaban J connectivity index is 1.77. The second-order valence-electron chi connectivity index (χ2n) is 7.68. The van der Waals surface area contributed by atoms with Gasteiger partial charge in [-0.1, -0.05) is 60.1 Å². The van der Waals surface area contributed by atoms with Gasteiger partial charge in [-0.15, -0.1) is 0 Å². The zero-order valence-electron chi connectivity index (χ0n) is 17.3. The molecule has 0 saturated carbocycles. The number of sulfone groups is 1. The largest absolute Gasteiger partial charge is 0.322 e. The molecule has 0 bridgehead atoms. The number of fused-ring (bicyclic) bond motifs is 1. The quantitative estimate of drug-likeness (QED) is 0.616. The predicted octanol–water partition coefficient (Wildman–Crippen LogP) is 3.88. The summed E-state index contributed by atoms with van der Waals surface area (Å²) in [5.41, 5.74) is 2.29.